The first-order chi connectivity index (χ1) is 12.7. The molecule has 2 aromatic carbocycles. The predicted octanol–water partition coefficient (Wildman–Crippen LogP) is 4.34. The van der Waals surface area contributed by atoms with E-state index in [0.717, 1.165) is 24.3 Å². The van der Waals surface area contributed by atoms with E-state index >= 15 is 0 Å². The van der Waals surface area contributed by atoms with Crippen LogP contribution in [0.2, 0.25) is 0 Å². The molecular weight excluding hydrogens is 358 g/mol. The molecule has 1 atom stereocenters. The molecule has 5 heteroatoms. The van der Waals surface area contributed by atoms with Crippen LogP contribution in [0.4, 0.5) is 5.69 Å². The fraction of sp³-hybridized carbons (Fsp3) is 0.364. The molecule has 0 aromatic heterocycles. The third kappa shape index (κ3) is 3.36. The van der Waals surface area contributed by atoms with Crippen molar-refractivity contribution in [3.8, 4) is 5.75 Å². The van der Waals surface area contributed by atoms with Crippen molar-refractivity contribution in [1.82, 2.24) is 0 Å². The maximum absolute atomic E-state index is 11.7. The van der Waals surface area contributed by atoms with E-state index in [1.807, 2.05) is 18.2 Å². The Balaban J connectivity index is 2.07. The number of hydrogen-bond donors (Lipinski definition) is 0. The molecule has 0 saturated carbocycles. The predicted molar refractivity (Wildman–Crippen MR) is 110 cm³/mol. The van der Waals surface area contributed by atoms with Gasteiger partial charge in [-0.05, 0) is 68.7 Å². The first kappa shape index (κ1) is 19.5. The molecule has 1 aliphatic rings. The van der Waals surface area contributed by atoms with E-state index in [1.54, 1.807) is 19.2 Å². The second-order valence-electron chi connectivity index (χ2n) is 7.23. The number of ether oxygens (including phenoxy) is 1. The van der Waals surface area contributed by atoms with Crippen LogP contribution in [0.25, 0.3) is 0 Å². The lowest BCUT2D eigenvalue weighted by Gasteiger charge is -2.30. The van der Waals surface area contributed by atoms with Gasteiger partial charge in [0, 0.05) is 29.6 Å². The van der Waals surface area contributed by atoms with Gasteiger partial charge in [-0.15, -0.1) is 0 Å². The number of fused-ring (bicyclic) bond motifs is 1. The van der Waals surface area contributed by atoms with Crippen molar-refractivity contribution in [2.75, 3.05) is 24.8 Å². The van der Waals surface area contributed by atoms with Gasteiger partial charge in [0.2, 0.25) is 0 Å². The average molecular weight is 386 g/mol. The van der Waals surface area contributed by atoms with Gasteiger partial charge in [-0.1, -0.05) is 18.2 Å². The zero-order valence-electron chi connectivity index (χ0n) is 16.6. The minimum absolute atomic E-state index is 0.207. The van der Waals surface area contributed by atoms with Crippen LogP contribution >= 0.6 is 0 Å². The van der Waals surface area contributed by atoms with E-state index in [9.17, 15) is 8.42 Å². The monoisotopic (exact) mass is 385 g/mol. The number of sulfone groups is 1. The Labute approximate surface area is 162 Å². The van der Waals surface area contributed by atoms with Gasteiger partial charge < -0.3 is 9.64 Å². The molecule has 2 aromatic rings. The first-order valence-electron chi connectivity index (χ1n) is 9.16. The third-order valence-electron chi connectivity index (χ3n) is 5.44. The summed E-state index contributed by atoms with van der Waals surface area (Å²) in [5.74, 6) is 0.848. The molecule has 3 rings (SSSR count). The molecule has 1 aliphatic heterocycles. The van der Waals surface area contributed by atoms with Gasteiger partial charge in [-0.3, -0.25) is 0 Å². The zero-order chi connectivity index (χ0) is 19.8. The molecule has 0 saturated heterocycles. The molecule has 0 aliphatic carbocycles. The number of anilines is 1. The number of rotatable bonds is 5. The molecule has 1 unspecified atom stereocenters. The van der Waals surface area contributed by atoms with Crippen LogP contribution < -0.4 is 9.64 Å². The Morgan fingerprint density at radius 1 is 1.15 bits per heavy atom. The second kappa shape index (κ2) is 7.04. The number of nitrogens with zero attached hydrogens (tertiary/aromatic N) is 1. The molecule has 4 nitrogen and oxygen atoms in total. The largest absolute Gasteiger partial charge is 0.497 e. The summed E-state index contributed by atoms with van der Waals surface area (Å²) in [6.45, 7) is 7.37. The standard InChI is InChI=1S/C22H27NO3S/c1-6-21-22(3,15-16-8-11-18(12-9-16)27(5,24)25)19-14-17(26-4)10-13-20(19)23(21)7-2/h6,8-14H,7,15H2,1-5H3/b21-6-. The second-order valence-corrected chi connectivity index (χ2v) is 9.24. The van der Waals surface area contributed by atoms with E-state index in [0.29, 0.717) is 4.90 Å². The van der Waals surface area contributed by atoms with E-state index in [-0.39, 0.29) is 5.41 Å². The van der Waals surface area contributed by atoms with Crippen LogP contribution in [0.5, 0.6) is 5.75 Å². The average Bonchev–Trinajstić information content (AvgIpc) is 2.88. The Morgan fingerprint density at radius 3 is 2.33 bits per heavy atom. The first-order valence-corrected chi connectivity index (χ1v) is 11.1. The van der Waals surface area contributed by atoms with Crippen molar-refractivity contribution in [3.05, 3.63) is 65.4 Å². The molecule has 27 heavy (non-hydrogen) atoms. The summed E-state index contributed by atoms with van der Waals surface area (Å²) in [4.78, 5) is 2.70. The molecule has 0 N–H and O–H groups in total. The fourth-order valence-electron chi connectivity index (χ4n) is 4.15. The van der Waals surface area contributed by atoms with Crippen LogP contribution in [-0.2, 0) is 21.7 Å². The lowest BCUT2D eigenvalue weighted by Crippen LogP contribution is -2.30. The fourth-order valence-corrected chi connectivity index (χ4v) is 4.78. The quantitative estimate of drug-likeness (QED) is 0.768. The Bertz CT molecular complexity index is 977. The molecular formula is C22H27NO3S. The van der Waals surface area contributed by atoms with Gasteiger partial charge in [-0.2, -0.15) is 0 Å². The minimum Gasteiger partial charge on any atom is -0.497 e. The van der Waals surface area contributed by atoms with E-state index in [2.05, 4.69) is 43.9 Å². The summed E-state index contributed by atoms with van der Waals surface area (Å²) < 4.78 is 28.9. The lowest BCUT2D eigenvalue weighted by molar-refractivity contribution is 0.413. The summed E-state index contributed by atoms with van der Waals surface area (Å²) in [5.41, 5.74) is 4.61. The van der Waals surface area contributed by atoms with E-state index in [4.69, 9.17) is 4.74 Å². The highest BCUT2D eigenvalue weighted by Crippen LogP contribution is 2.50. The van der Waals surface area contributed by atoms with Crippen LogP contribution in [0.15, 0.2) is 59.1 Å². The van der Waals surface area contributed by atoms with Crippen molar-refractivity contribution in [1.29, 1.82) is 0 Å². The van der Waals surface area contributed by atoms with Crippen molar-refractivity contribution < 1.29 is 13.2 Å². The van der Waals surface area contributed by atoms with Crippen LogP contribution in [-0.4, -0.2) is 28.3 Å². The van der Waals surface area contributed by atoms with Gasteiger partial charge in [0.15, 0.2) is 9.84 Å². The number of benzene rings is 2. The summed E-state index contributed by atoms with van der Waals surface area (Å²) in [7, 11) is -1.50. The highest BCUT2D eigenvalue weighted by molar-refractivity contribution is 7.90. The number of methoxy groups -OCH3 is 1. The smallest absolute Gasteiger partial charge is 0.175 e. The van der Waals surface area contributed by atoms with Gasteiger partial charge >= 0.3 is 0 Å². The summed E-state index contributed by atoms with van der Waals surface area (Å²) >= 11 is 0. The van der Waals surface area contributed by atoms with Crippen molar-refractivity contribution in [3.63, 3.8) is 0 Å². The normalized spacial score (nSPS) is 20.8. The van der Waals surface area contributed by atoms with E-state index in [1.165, 1.54) is 23.2 Å². The van der Waals surface area contributed by atoms with Crippen LogP contribution in [0.3, 0.4) is 0 Å². The summed E-state index contributed by atoms with van der Waals surface area (Å²) in [5, 5.41) is 0. The number of hydrogen-bond acceptors (Lipinski definition) is 4. The highest BCUT2D eigenvalue weighted by Gasteiger charge is 2.43. The summed E-state index contributed by atoms with van der Waals surface area (Å²) in [6, 6.07) is 13.5. The van der Waals surface area contributed by atoms with Crippen molar-refractivity contribution in [2.24, 2.45) is 0 Å². The number of allylic oxidation sites excluding steroid dienone is 2. The maximum atomic E-state index is 11.7. The minimum atomic E-state index is -3.18. The SMILES string of the molecule is C/C=C1\N(CC)c2ccc(OC)cc2C1(C)Cc1ccc(S(C)(=O)=O)cc1. The van der Waals surface area contributed by atoms with Gasteiger partial charge in [0.25, 0.3) is 0 Å². The van der Waals surface area contributed by atoms with Gasteiger partial charge in [0.05, 0.1) is 12.0 Å². The Hall–Kier alpha value is -2.27. The van der Waals surface area contributed by atoms with Crippen LogP contribution in [0.1, 0.15) is 31.9 Å². The molecule has 1 heterocycles. The molecule has 0 amide bonds. The van der Waals surface area contributed by atoms with Gasteiger partial charge in [0.1, 0.15) is 5.75 Å². The van der Waals surface area contributed by atoms with Gasteiger partial charge in [-0.25, -0.2) is 8.42 Å². The van der Waals surface area contributed by atoms with Crippen molar-refractivity contribution >= 4 is 15.5 Å². The van der Waals surface area contributed by atoms with Crippen LogP contribution in [0, 0.1) is 0 Å². The Kier molecular flexibility index (Phi) is 5.08. The molecule has 0 radical (unpaired) electrons. The number of likely N-dealkylation sites (N-methyl/N-ethyl adjacent to an activating group) is 1. The summed E-state index contributed by atoms with van der Waals surface area (Å²) in [6.07, 6.45) is 4.20. The Morgan fingerprint density at radius 2 is 1.81 bits per heavy atom. The molecule has 144 valence electrons. The maximum Gasteiger partial charge on any atom is 0.175 e. The molecule has 0 bridgehead atoms. The topological polar surface area (TPSA) is 46.6 Å². The lowest BCUT2D eigenvalue weighted by atomic mass is 9.76. The molecule has 0 fully saturated rings. The zero-order valence-corrected chi connectivity index (χ0v) is 17.4. The van der Waals surface area contributed by atoms with E-state index < -0.39 is 9.84 Å². The highest BCUT2D eigenvalue weighted by atomic mass is 32.2. The van der Waals surface area contributed by atoms with Crippen molar-refractivity contribution in [2.45, 2.75) is 37.5 Å². The third-order valence-corrected chi connectivity index (χ3v) is 6.57. The molecule has 0 spiro atoms.